The Kier molecular flexibility index (Phi) is 8.50. The Labute approximate surface area is 175 Å². The van der Waals surface area contributed by atoms with Crippen molar-refractivity contribution >= 4 is 11.7 Å². The third-order valence-corrected chi connectivity index (χ3v) is 4.72. The summed E-state index contributed by atoms with van der Waals surface area (Å²) in [5.74, 6) is 0. The van der Waals surface area contributed by atoms with Crippen LogP contribution in [0.15, 0.2) is 42.7 Å². The zero-order valence-corrected chi connectivity index (χ0v) is 18.6. The lowest BCUT2D eigenvalue weighted by Gasteiger charge is -2.26. The Morgan fingerprint density at radius 3 is 2.52 bits per heavy atom. The van der Waals surface area contributed by atoms with E-state index in [4.69, 9.17) is 0 Å². The Morgan fingerprint density at radius 2 is 1.86 bits per heavy atom. The highest BCUT2D eigenvalue weighted by atomic mass is 16.2. The van der Waals surface area contributed by atoms with Gasteiger partial charge in [-0.1, -0.05) is 19.4 Å². The molecule has 0 spiro atoms. The van der Waals surface area contributed by atoms with Gasteiger partial charge in [0.25, 0.3) is 0 Å². The first kappa shape index (κ1) is 22.7. The van der Waals surface area contributed by atoms with E-state index >= 15 is 0 Å². The molecule has 0 fully saturated rings. The predicted molar refractivity (Wildman–Crippen MR) is 121 cm³/mol. The van der Waals surface area contributed by atoms with Crippen LogP contribution in [0.3, 0.4) is 0 Å². The predicted octanol–water partition coefficient (Wildman–Crippen LogP) is 4.84. The van der Waals surface area contributed by atoms with Gasteiger partial charge in [-0.25, -0.2) is 4.79 Å². The van der Waals surface area contributed by atoms with Crippen molar-refractivity contribution in [3.63, 3.8) is 0 Å². The van der Waals surface area contributed by atoms with E-state index in [1.165, 1.54) is 22.4 Å². The van der Waals surface area contributed by atoms with Crippen LogP contribution in [0.2, 0.25) is 0 Å². The van der Waals surface area contributed by atoms with E-state index in [0.29, 0.717) is 6.54 Å². The zero-order valence-electron chi connectivity index (χ0n) is 18.6. The summed E-state index contributed by atoms with van der Waals surface area (Å²) >= 11 is 0. The molecule has 1 aromatic heterocycles. The first-order chi connectivity index (χ1) is 13.8. The number of carbonyl (C=O) groups is 1. The third-order valence-electron chi connectivity index (χ3n) is 4.72. The van der Waals surface area contributed by atoms with Crippen molar-refractivity contribution < 1.29 is 4.79 Å². The van der Waals surface area contributed by atoms with Crippen molar-refractivity contribution in [2.24, 2.45) is 0 Å². The summed E-state index contributed by atoms with van der Waals surface area (Å²) in [6, 6.07) is 10.7. The van der Waals surface area contributed by atoms with Gasteiger partial charge < -0.3 is 15.5 Å². The number of carbonyl (C=O) groups excluding carboxylic acids is 1. The summed E-state index contributed by atoms with van der Waals surface area (Å²) in [5.41, 5.74) is 4.99. The number of amides is 2. The summed E-state index contributed by atoms with van der Waals surface area (Å²) in [6.07, 6.45) is 6.78. The van der Waals surface area contributed by atoms with E-state index in [1.54, 1.807) is 0 Å². The molecule has 29 heavy (non-hydrogen) atoms. The minimum Gasteiger partial charge on any atom is -0.367 e. The molecular formula is C24H36N4O. The molecule has 0 aliphatic carbocycles. The maximum Gasteiger partial charge on any atom is 0.315 e. The average molecular weight is 397 g/mol. The van der Waals surface area contributed by atoms with Crippen LogP contribution in [0.1, 0.15) is 57.2 Å². The van der Waals surface area contributed by atoms with Crippen LogP contribution in [0.5, 0.6) is 0 Å². The molecule has 0 bridgehead atoms. The van der Waals surface area contributed by atoms with Gasteiger partial charge in [0.05, 0.1) is 0 Å². The van der Waals surface area contributed by atoms with Crippen LogP contribution in [-0.4, -0.2) is 29.6 Å². The molecule has 1 heterocycles. The lowest BCUT2D eigenvalue weighted by atomic mass is 10.0. The van der Waals surface area contributed by atoms with E-state index in [2.05, 4.69) is 64.7 Å². The van der Waals surface area contributed by atoms with Crippen LogP contribution in [-0.2, 0) is 13.0 Å². The standard InChI is InChI=1S/C24H36N4O/c1-6-8-21-17-22(10-9-19(21)2)28(18-20-11-14-25-15-12-20)16-7-13-26-23(29)27-24(3,4)5/h9-12,14-15,17H,6-8,13,16,18H2,1-5H3,(H2,26,27,29). The van der Waals surface area contributed by atoms with Crippen molar-refractivity contribution in [1.29, 1.82) is 0 Å². The van der Waals surface area contributed by atoms with E-state index in [9.17, 15) is 4.79 Å². The van der Waals surface area contributed by atoms with Crippen molar-refractivity contribution in [3.8, 4) is 0 Å². The smallest absolute Gasteiger partial charge is 0.315 e. The molecule has 2 rings (SSSR count). The second kappa shape index (κ2) is 10.8. The fraction of sp³-hybridized carbons (Fsp3) is 0.500. The fourth-order valence-corrected chi connectivity index (χ4v) is 3.26. The Bertz CT molecular complexity index is 768. The highest BCUT2D eigenvalue weighted by Crippen LogP contribution is 2.22. The van der Waals surface area contributed by atoms with E-state index < -0.39 is 0 Å². The molecular weight excluding hydrogens is 360 g/mol. The van der Waals surface area contributed by atoms with Gasteiger partial charge in [0.15, 0.2) is 0 Å². The van der Waals surface area contributed by atoms with E-state index in [0.717, 1.165) is 32.4 Å². The number of nitrogens with zero attached hydrogens (tertiary/aromatic N) is 2. The molecule has 5 nitrogen and oxygen atoms in total. The number of nitrogens with one attached hydrogen (secondary N) is 2. The molecule has 5 heteroatoms. The zero-order chi connectivity index (χ0) is 21.3. The number of anilines is 1. The first-order valence-corrected chi connectivity index (χ1v) is 10.6. The number of aromatic nitrogens is 1. The molecule has 0 saturated carbocycles. The van der Waals surface area contributed by atoms with Crippen molar-refractivity contribution in [2.45, 2.75) is 66.0 Å². The Morgan fingerprint density at radius 1 is 1.14 bits per heavy atom. The van der Waals surface area contributed by atoms with Crippen LogP contribution < -0.4 is 15.5 Å². The second-order valence-electron chi connectivity index (χ2n) is 8.62. The Balaban J connectivity index is 2.04. The number of aryl methyl sites for hydroxylation is 2. The van der Waals surface area contributed by atoms with Crippen molar-refractivity contribution in [1.82, 2.24) is 15.6 Å². The molecule has 2 N–H and O–H groups in total. The van der Waals surface area contributed by atoms with Gasteiger partial charge in [-0.2, -0.15) is 0 Å². The molecule has 1 aromatic carbocycles. The fourth-order valence-electron chi connectivity index (χ4n) is 3.26. The van der Waals surface area contributed by atoms with Gasteiger partial charge in [-0.15, -0.1) is 0 Å². The van der Waals surface area contributed by atoms with Gasteiger partial charge in [0.2, 0.25) is 0 Å². The number of benzene rings is 1. The number of urea groups is 1. The molecule has 2 amide bonds. The molecule has 0 aliphatic rings. The largest absolute Gasteiger partial charge is 0.367 e. The summed E-state index contributed by atoms with van der Waals surface area (Å²) in [4.78, 5) is 18.5. The minimum absolute atomic E-state index is 0.112. The molecule has 0 unspecified atom stereocenters. The molecule has 0 radical (unpaired) electrons. The molecule has 0 saturated heterocycles. The van der Waals surface area contributed by atoms with Crippen LogP contribution in [0.25, 0.3) is 0 Å². The third kappa shape index (κ3) is 8.14. The average Bonchev–Trinajstić information content (AvgIpc) is 2.65. The Hall–Kier alpha value is -2.56. The maximum atomic E-state index is 12.0. The molecule has 2 aromatic rings. The highest BCUT2D eigenvalue weighted by molar-refractivity contribution is 5.74. The topological polar surface area (TPSA) is 57.3 Å². The van der Waals surface area contributed by atoms with Crippen molar-refractivity contribution in [2.75, 3.05) is 18.0 Å². The van der Waals surface area contributed by atoms with E-state index in [1.807, 2.05) is 33.2 Å². The van der Waals surface area contributed by atoms with E-state index in [-0.39, 0.29) is 11.6 Å². The van der Waals surface area contributed by atoms with Gasteiger partial charge in [-0.3, -0.25) is 4.98 Å². The molecule has 0 aliphatic heterocycles. The van der Waals surface area contributed by atoms with Gasteiger partial charge in [0.1, 0.15) is 0 Å². The van der Waals surface area contributed by atoms with Gasteiger partial charge in [0, 0.05) is 43.3 Å². The lowest BCUT2D eigenvalue weighted by molar-refractivity contribution is 0.232. The van der Waals surface area contributed by atoms with Crippen LogP contribution in [0.4, 0.5) is 10.5 Å². The highest BCUT2D eigenvalue weighted by Gasteiger charge is 2.13. The number of hydrogen-bond donors (Lipinski definition) is 2. The normalized spacial score (nSPS) is 11.2. The quantitative estimate of drug-likeness (QED) is 0.597. The first-order valence-electron chi connectivity index (χ1n) is 10.6. The van der Waals surface area contributed by atoms with Crippen LogP contribution >= 0.6 is 0 Å². The minimum atomic E-state index is -0.227. The summed E-state index contributed by atoms with van der Waals surface area (Å²) in [6.45, 7) is 12.7. The second-order valence-corrected chi connectivity index (χ2v) is 8.62. The molecule has 158 valence electrons. The summed E-state index contributed by atoms with van der Waals surface area (Å²) in [5, 5.41) is 5.90. The number of rotatable bonds is 9. The SMILES string of the molecule is CCCc1cc(N(CCCNC(=O)NC(C)(C)C)Cc2ccncc2)ccc1C. The maximum absolute atomic E-state index is 12.0. The molecule has 0 atom stereocenters. The van der Waals surface area contributed by atoms with Gasteiger partial charge in [-0.05, 0) is 81.5 Å². The lowest BCUT2D eigenvalue weighted by Crippen LogP contribution is -2.46. The summed E-state index contributed by atoms with van der Waals surface area (Å²) < 4.78 is 0. The number of pyridine rings is 1. The van der Waals surface area contributed by atoms with Gasteiger partial charge >= 0.3 is 6.03 Å². The monoisotopic (exact) mass is 396 g/mol. The number of hydrogen-bond acceptors (Lipinski definition) is 3. The summed E-state index contributed by atoms with van der Waals surface area (Å²) in [7, 11) is 0. The van der Waals surface area contributed by atoms with Crippen LogP contribution in [0, 0.1) is 6.92 Å². The van der Waals surface area contributed by atoms with Crippen molar-refractivity contribution in [3.05, 3.63) is 59.4 Å².